The van der Waals surface area contributed by atoms with Gasteiger partial charge in [0.25, 0.3) is 0 Å². The maximum Gasteiger partial charge on any atom is 0.415 e. The highest BCUT2D eigenvalue weighted by Gasteiger charge is 2.31. The van der Waals surface area contributed by atoms with Crippen LogP contribution in [0.4, 0.5) is 24.5 Å². The summed E-state index contributed by atoms with van der Waals surface area (Å²) in [6.07, 6.45) is -4.60. The number of rotatable bonds is 6. The van der Waals surface area contributed by atoms with Crippen molar-refractivity contribution >= 4 is 55.0 Å². The minimum Gasteiger partial charge on any atom is -0.309 e. The van der Waals surface area contributed by atoms with E-state index in [9.17, 15) is 13.2 Å². The van der Waals surface area contributed by atoms with E-state index >= 15 is 0 Å². The van der Waals surface area contributed by atoms with Gasteiger partial charge in [-0.05, 0) is 113 Å². The van der Waals surface area contributed by atoms with Gasteiger partial charge in [-0.3, -0.25) is 0 Å². The zero-order valence-electron chi connectivity index (χ0n) is 35.8. The first-order chi connectivity index (χ1) is 32.1. The Morgan fingerprint density at radius 1 is 0.394 bits per heavy atom. The first-order valence-electron chi connectivity index (χ1n) is 21.5. The Morgan fingerprint density at radius 3 is 1.44 bits per heavy atom. The third-order valence-corrected chi connectivity index (χ3v) is 12.8. The Hall–Kier alpha value is -8.65. The summed E-state index contributed by atoms with van der Waals surface area (Å²) in [6, 6.07) is 61.5. The molecule has 0 saturated carbocycles. The summed E-state index contributed by atoms with van der Waals surface area (Å²) < 4.78 is 46.4. The fourth-order valence-corrected chi connectivity index (χ4v) is 9.48. The van der Waals surface area contributed by atoms with Gasteiger partial charge in [0.1, 0.15) is 0 Å². The zero-order valence-corrected chi connectivity index (χ0v) is 35.8. The van der Waals surface area contributed by atoms with Gasteiger partial charge >= 0.3 is 6.18 Å². The van der Waals surface area contributed by atoms with Crippen molar-refractivity contribution in [3.63, 3.8) is 0 Å². The van der Waals surface area contributed by atoms with Crippen LogP contribution in [0.1, 0.15) is 16.7 Å². The van der Waals surface area contributed by atoms with Gasteiger partial charge in [0.2, 0.25) is 0 Å². The minimum atomic E-state index is -4.60. The summed E-state index contributed by atoms with van der Waals surface area (Å²) in [5.41, 5.74) is 14.2. The lowest BCUT2D eigenvalue weighted by Gasteiger charge is -2.20. The molecule has 0 amide bonds. The molecule has 9 aromatic carbocycles. The molecule has 2 heterocycles. The normalized spacial score (nSPS) is 11.7. The summed E-state index contributed by atoms with van der Waals surface area (Å²) >= 11 is 0. The molecular formula is C59H37F3N4. The summed E-state index contributed by atoms with van der Waals surface area (Å²) in [5.74, 6) is 0. The molecule has 0 fully saturated rings. The first kappa shape index (κ1) is 40.1. The van der Waals surface area contributed by atoms with Gasteiger partial charge in [0, 0.05) is 32.7 Å². The fraction of sp³-hybridized carbons (Fsp3) is 0.0508. The maximum atomic E-state index is 14.0. The highest BCUT2D eigenvalue weighted by molar-refractivity contribution is 6.13. The molecule has 0 aliphatic heterocycles. The van der Waals surface area contributed by atoms with Gasteiger partial charge in [-0.1, -0.05) is 139 Å². The number of alkyl halides is 3. The summed E-state index contributed by atoms with van der Waals surface area (Å²) in [7, 11) is 0. The molecule has 0 radical (unpaired) electrons. The van der Waals surface area contributed by atoms with Gasteiger partial charge in [0.05, 0.1) is 46.6 Å². The van der Waals surface area contributed by atoms with Gasteiger partial charge in [0.15, 0.2) is 11.4 Å². The molecule has 2 aromatic heterocycles. The fourth-order valence-electron chi connectivity index (χ4n) is 9.48. The third kappa shape index (κ3) is 6.69. The number of halogens is 3. The van der Waals surface area contributed by atoms with E-state index in [1.807, 2.05) is 54.6 Å². The van der Waals surface area contributed by atoms with Crippen molar-refractivity contribution in [3.8, 4) is 55.9 Å². The number of nitrogens with zero attached hydrogens (tertiary/aromatic N) is 4. The Bertz CT molecular complexity index is 3840. The molecular weight excluding hydrogens is 822 g/mol. The van der Waals surface area contributed by atoms with E-state index in [-0.39, 0.29) is 5.69 Å². The van der Waals surface area contributed by atoms with Gasteiger partial charge in [-0.2, -0.15) is 13.2 Å². The molecule has 0 atom stereocenters. The molecule has 0 unspecified atom stereocenters. The van der Waals surface area contributed by atoms with Crippen LogP contribution in [0.5, 0.6) is 0 Å². The highest BCUT2D eigenvalue weighted by atomic mass is 19.4. The van der Waals surface area contributed by atoms with Crippen LogP contribution < -0.4 is 0 Å². The van der Waals surface area contributed by atoms with Crippen molar-refractivity contribution in [2.45, 2.75) is 20.0 Å². The van der Waals surface area contributed by atoms with Crippen LogP contribution >= 0.6 is 0 Å². The van der Waals surface area contributed by atoms with Gasteiger partial charge in [-0.15, -0.1) is 0 Å². The minimum absolute atomic E-state index is 0.0977. The van der Waals surface area contributed by atoms with Crippen LogP contribution in [0.3, 0.4) is 0 Å². The second-order valence-electron chi connectivity index (χ2n) is 16.8. The summed E-state index contributed by atoms with van der Waals surface area (Å²) in [5, 5.41) is 4.22. The maximum absolute atomic E-state index is 14.0. The van der Waals surface area contributed by atoms with Crippen molar-refractivity contribution in [3.05, 3.63) is 228 Å². The predicted octanol–water partition coefficient (Wildman–Crippen LogP) is 17.3. The molecule has 4 nitrogen and oxygen atoms in total. The molecule has 7 heteroatoms. The Balaban J connectivity index is 1.21. The number of benzene rings is 9. The van der Waals surface area contributed by atoms with Crippen LogP contribution in [-0.4, -0.2) is 9.13 Å². The predicted molar refractivity (Wildman–Crippen MR) is 264 cm³/mol. The molecule has 11 rings (SSSR count). The van der Waals surface area contributed by atoms with Gasteiger partial charge in [-0.25, -0.2) is 9.69 Å². The Kier molecular flexibility index (Phi) is 9.46. The molecule has 66 heavy (non-hydrogen) atoms. The van der Waals surface area contributed by atoms with Crippen LogP contribution in [0.2, 0.25) is 0 Å². The van der Waals surface area contributed by atoms with Crippen LogP contribution in [-0.2, 0) is 6.18 Å². The molecule has 0 bridgehead atoms. The molecule has 0 aliphatic carbocycles. The molecule has 314 valence electrons. The van der Waals surface area contributed by atoms with E-state index in [1.165, 1.54) is 17.2 Å². The summed E-state index contributed by atoms with van der Waals surface area (Å²) in [6.45, 7) is 20.4. The lowest BCUT2D eigenvalue weighted by atomic mass is 9.94. The van der Waals surface area contributed by atoms with E-state index in [0.717, 1.165) is 100 Å². The van der Waals surface area contributed by atoms with Crippen LogP contribution in [0.15, 0.2) is 188 Å². The second kappa shape index (κ2) is 15.6. The second-order valence-corrected chi connectivity index (χ2v) is 16.8. The van der Waals surface area contributed by atoms with E-state index in [4.69, 9.17) is 13.1 Å². The van der Waals surface area contributed by atoms with E-state index in [0.29, 0.717) is 16.8 Å². The van der Waals surface area contributed by atoms with Gasteiger partial charge < -0.3 is 9.13 Å². The standard InChI is InChI=1S/C59H37F3N4/c1-36-13-17-38(18-14-36)40-22-28-55-49(31-40)46-9-5-7-11-53(46)65(55)57-30-25-44(63-3)35-51(57)48-26-21-42(45-27-24-43(59(60,61)62)34-52(45)64-4)33-58(48)66-54-12-8-6-10-47(54)50-32-41(23-29-56(50)66)39-19-15-37(2)16-20-39/h5-35H,1-2H3. The van der Waals surface area contributed by atoms with E-state index in [1.54, 1.807) is 0 Å². The molecule has 0 spiro atoms. The van der Waals surface area contributed by atoms with Crippen molar-refractivity contribution in [1.82, 2.24) is 9.13 Å². The Labute approximate surface area is 379 Å². The molecule has 11 aromatic rings. The number of aromatic nitrogens is 2. The average Bonchev–Trinajstić information content (AvgIpc) is 3.85. The van der Waals surface area contributed by atoms with Crippen molar-refractivity contribution in [2.75, 3.05) is 0 Å². The molecule has 0 N–H and O–H groups in total. The monoisotopic (exact) mass is 858 g/mol. The first-order valence-corrected chi connectivity index (χ1v) is 21.5. The quantitative estimate of drug-likeness (QED) is 0.148. The Morgan fingerprint density at radius 2 is 0.894 bits per heavy atom. The average molecular weight is 859 g/mol. The lowest BCUT2D eigenvalue weighted by molar-refractivity contribution is -0.137. The van der Waals surface area contributed by atoms with Crippen LogP contribution in [0.25, 0.3) is 109 Å². The third-order valence-electron chi connectivity index (χ3n) is 12.8. The molecule has 0 aliphatic rings. The highest BCUT2D eigenvalue weighted by Crippen LogP contribution is 2.46. The lowest BCUT2D eigenvalue weighted by Crippen LogP contribution is -2.04. The number of hydrogen-bond acceptors (Lipinski definition) is 0. The van der Waals surface area contributed by atoms with E-state index in [2.05, 4.69) is 148 Å². The topological polar surface area (TPSA) is 18.6 Å². The van der Waals surface area contributed by atoms with Crippen molar-refractivity contribution < 1.29 is 13.2 Å². The zero-order chi connectivity index (χ0) is 45.3. The van der Waals surface area contributed by atoms with Crippen molar-refractivity contribution in [2.24, 2.45) is 0 Å². The number of hydrogen-bond donors (Lipinski definition) is 0. The number of para-hydroxylation sites is 2. The van der Waals surface area contributed by atoms with Crippen molar-refractivity contribution in [1.29, 1.82) is 0 Å². The summed E-state index contributed by atoms with van der Waals surface area (Å²) in [4.78, 5) is 7.52. The number of aryl methyl sites for hydroxylation is 2. The van der Waals surface area contributed by atoms with Crippen LogP contribution in [0, 0.1) is 27.0 Å². The smallest absolute Gasteiger partial charge is 0.309 e. The SMILES string of the molecule is [C-]#[N+]c1ccc(-n2c3ccccc3c3cc(-c4ccc(C)cc4)ccc32)c(-c2ccc(-c3ccc(C(F)(F)F)cc3[N+]#[C-])cc2-n2c3ccccc3c3cc(-c4ccc(C)cc4)ccc32)c1. The number of fused-ring (bicyclic) bond motifs is 6. The van der Waals surface area contributed by atoms with E-state index < -0.39 is 11.7 Å². The molecule has 0 saturated heterocycles. The largest absolute Gasteiger partial charge is 0.415 e.